The Hall–Kier alpha value is -3.10. The maximum atomic E-state index is 12.4. The van der Waals surface area contributed by atoms with E-state index in [1.165, 1.54) is 6.20 Å². The third-order valence-corrected chi connectivity index (χ3v) is 6.45. The Morgan fingerprint density at radius 2 is 2.15 bits per heavy atom. The summed E-state index contributed by atoms with van der Waals surface area (Å²) in [6.07, 6.45) is 8.43. The fourth-order valence-electron chi connectivity index (χ4n) is 2.55. The van der Waals surface area contributed by atoms with Gasteiger partial charge in [0.25, 0.3) is 10.0 Å². The van der Waals surface area contributed by atoms with Gasteiger partial charge in [-0.1, -0.05) is 36.9 Å². The molecule has 2 aromatic heterocycles. The van der Waals surface area contributed by atoms with Crippen LogP contribution in [0.15, 0.2) is 83.2 Å². The van der Waals surface area contributed by atoms with E-state index in [9.17, 15) is 8.42 Å². The second-order valence-electron chi connectivity index (χ2n) is 5.48. The molecule has 0 aliphatic carbocycles. The van der Waals surface area contributed by atoms with Crippen LogP contribution in [0.4, 0.5) is 5.69 Å². The first-order valence-electron chi connectivity index (χ1n) is 7.97. The third-order valence-electron chi connectivity index (χ3n) is 3.67. The van der Waals surface area contributed by atoms with Crippen LogP contribution in [-0.4, -0.2) is 18.6 Å². The summed E-state index contributed by atoms with van der Waals surface area (Å²) < 4.78 is 27.7. The molecule has 138 valence electrons. The van der Waals surface area contributed by atoms with Crippen molar-refractivity contribution in [2.24, 2.45) is 5.73 Å². The zero-order valence-electron chi connectivity index (χ0n) is 14.3. The molecule has 0 spiro atoms. The number of nitrogens with two attached hydrogens (primary N) is 1. The zero-order chi connectivity index (χ0) is 19.3. The molecular formula is C19H18N4O2S2. The van der Waals surface area contributed by atoms with E-state index in [0.29, 0.717) is 11.4 Å². The predicted octanol–water partition coefficient (Wildman–Crippen LogP) is 3.98. The lowest BCUT2D eigenvalue weighted by Crippen LogP contribution is -2.11. The molecule has 0 atom stereocenters. The van der Waals surface area contributed by atoms with Crippen LogP contribution in [0.3, 0.4) is 0 Å². The Labute approximate surface area is 161 Å². The van der Waals surface area contributed by atoms with Crippen LogP contribution in [0, 0.1) is 0 Å². The van der Waals surface area contributed by atoms with Gasteiger partial charge in [-0.3, -0.25) is 9.82 Å². The molecule has 0 saturated heterocycles. The zero-order valence-corrected chi connectivity index (χ0v) is 15.9. The normalized spacial score (nSPS) is 12.4. The number of H-pyrrole nitrogens is 1. The van der Waals surface area contributed by atoms with Gasteiger partial charge >= 0.3 is 0 Å². The molecule has 27 heavy (non-hydrogen) atoms. The van der Waals surface area contributed by atoms with E-state index in [2.05, 4.69) is 21.5 Å². The van der Waals surface area contributed by atoms with E-state index in [-0.39, 0.29) is 4.21 Å². The largest absolute Gasteiger partial charge is 0.405 e. The maximum absolute atomic E-state index is 12.4. The number of allylic oxidation sites excluding steroid dienone is 4. The Bertz CT molecular complexity index is 1090. The lowest BCUT2D eigenvalue weighted by molar-refractivity contribution is 0.603. The number of thiophene rings is 1. The van der Waals surface area contributed by atoms with Gasteiger partial charge in [-0.15, -0.1) is 11.3 Å². The minimum Gasteiger partial charge on any atom is -0.405 e. The number of aromatic amines is 1. The van der Waals surface area contributed by atoms with Crippen molar-refractivity contribution in [2.45, 2.75) is 4.21 Å². The summed E-state index contributed by atoms with van der Waals surface area (Å²) >= 11 is 1.16. The first kappa shape index (κ1) is 18.7. The summed E-state index contributed by atoms with van der Waals surface area (Å²) in [5.74, 6) is 0. The van der Waals surface area contributed by atoms with Gasteiger partial charge in [-0.05, 0) is 41.4 Å². The van der Waals surface area contributed by atoms with Crippen molar-refractivity contribution in [3.05, 3.63) is 84.5 Å². The van der Waals surface area contributed by atoms with Crippen molar-refractivity contribution in [3.63, 3.8) is 0 Å². The molecule has 0 radical (unpaired) electrons. The number of rotatable bonds is 7. The summed E-state index contributed by atoms with van der Waals surface area (Å²) in [6.45, 7) is 3.72. The minimum atomic E-state index is -3.61. The highest BCUT2D eigenvalue weighted by atomic mass is 32.2. The average Bonchev–Trinajstić information content (AvgIpc) is 3.33. The molecule has 1 aromatic carbocycles. The first-order valence-corrected chi connectivity index (χ1v) is 10.3. The van der Waals surface area contributed by atoms with E-state index in [0.717, 1.165) is 28.0 Å². The summed E-state index contributed by atoms with van der Waals surface area (Å²) in [5.41, 5.74) is 9.09. The fraction of sp³-hybridized carbons (Fsp3) is 0. The van der Waals surface area contributed by atoms with Crippen molar-refractivity contribution in [3.8, 4) is 11.3 Å². The molecule has 0 amide bonds. The molecule has 0 fully saturated rings. The topological polar surface area (TPSA) is 101 Å². The summed E-state index contributed by atoms with van der Waals surface area (Å²) in [7, 11) is -3.61. The Morgan fingerprint density at radius 1 is 1.30 bits per heavy atom. The number of sulfonamides is 1. The van der Waals surface area contributed by atoms with Gasteiger partial charge in [0, 0.05) is 23.0 Å². The van der Waals surface area contributed by atoms with Crippen LogP contribution >= 0.6 is 11.3 Å². The summed E-state index contributed by atoms with van der Waals surface area (Å²) in [4.78, 5) is 0. The monoisotopic (exact) mass is 398 g/mol. The van der Waals surface area contributed by atoms with Crippen LogP contribution in [0.2, 0.25) is 0 Å². The predicted molar refractivity (Wildman–Crippen MR) is 111 cm³/mol. The average molecular weight is 399 g/mol. The van der Waals surface area contributed by atoms with Gasteiger partial charge in [0.15, 0.2) is 0 Å². The number of hydrogen-bond acceptors (Lipinski definition) is 5. The van der Waals surface area contributed by atoms with Gasteiger partial charge in [-0.2, -0.15) is 5.10 Å². The smallest absolute Gasteiger partial charge is 0.271 e. The number of anilines is 1. The van der Waals surface area contributed by atoms with Gasteiger partial charge in [-0.25, -0.2) is 8.42 Å². The van der Waals surface area contributed by atoms with Crippen molar-refractivity contribution < 1.29 is 8.42 Å². The Kier molecular flexibility index (Phi) is 5.58. The van der Waals surface area contributed by atoms with E-state index in [1.807, 2.05) is 12.1 Å². The van der Waals surface area contributed by atoms with Crippen LogP contribution in [0.5, 0.6) is 0 Å². The van der Waals surface area contributed by atoms with E-state index < -0.39 is 10.0 Å². The molecule has 0 aliphatic rings. The van der Waals surface area contributed by atoms with Crippen LogP contribution < -0.4 is 10.5 Å². The summed E-state index contributed by atoms with van der Waals surface area (Å²) in [6, 6.07) is 10.3. The molecule has 8 heteroatoms. The summed E-state index contributed by atoms with van der Waals surface area (Å²) in [5, 5.41) is 8.88. The van der Waals surface area contributed by atoms with Crippen molar-refractivity contribution in [1.82, 2.24) is 10.2 Å². The van der Waals surface area contributed by atoms with E-state index >= 15 is 0 Å². The number of aromatic nitrogens is 2. The van der Waals surface area contributed by atoms with Crippen molar-refractivity contribution in [1.29, 1.82) is 0 Å². The van der Waals surface area contributed by atoms with E-state index in [1.54, 1.807) is 54.1 Å². The molecule has 0 bridgehead atoms. The van der Waals surface area contributed by atoms with Gasteiger partial charge in [0.1, 0.15) is 4.21 Å². The lowest BCUT2D eigenvalue weighted by Gasteiger charge is -2.09. The lowest BCUT2D eigenvalue weighted by atomic mass is 10.0. The number of benzene rings is 1. The van der Waals surface area contributed by atoms with E-state index in [4.69, 9.17) is 5.73 Å². The molecule has 0 aliphatic heterocycles. The molecule has 0 saturated carbocycles. The van der Waals surface area contributed by atoms with Crippen molar-refractivity contribution in [2.75, 3.05) is 4.72 Å². The minimum absolute atomic E-state index is 0.262. The second-order valence-corrected chi connectivity index (χ2v) is 8.34. The van der Waals surface area contributed by atoms with Crippen LogP contribution in [0.25, 0.3) is 16.8 Å². The first-order chi connectivity index (χ1) is 13.0. The molecular weight excluding hydrogens is 380 g/mol. The van der Waals surface area contributed by atoms with Crippen LogP contribution in [-0.2, 0) is 10.0 Å². The molecule has 3 rings (SSSR count). The molecule has 3 aromatic rings. The van der Waals surface area contributed by atoms with Crippen LogP contribution in [0.1, 0.15) is 5.56 Å². The quantitative estimate of drug-likeness (QED) is 0.524. The molecule has 6 nitrogen and oxygen atoms in total. The number of nitrogens with zero attached hydrogens (tertiary/aromatic N) is 1. The number of hydrogen-bond donors (Lipinski definition) is 3. The standard InChI is InChI=1S/C19H18N4O2S2/c1-2-5-14(9-10-20)17-13-21-22-19(17)15-6-3-7-16(12-15)23-27(24,25)18-8-4-11-26-18/h2-13,23H,1,20H2,(H,21,22)/b10-9-,14-5+. The number of nitrogens with one attached hydrogen (secondary N) is 2. The molecule has 2 heterocycles. The third kappa shape index (κ3) is 4.18. The molecule has 4 N–H and O–H groups in total. The Balaban J connectivity index is 1.97. The molecule has 0 unspecified atom stereocenters. The van der Waals surface area contributed by atoms with Crippen molar-refractivity contribution >= 4 is 32.6 Å². The second kappa shape index (κ2) is 8.07. The fourth-order valence-corrected chi connectivity index (χ4v) is 4.59. The highest BCUT2D eigenvalue weighted by Gasteiger charge is 2.16. The SMILES string of the molecule is C=C/C=C(\C=C/N)c1c[nH]nc1-c1cccc(NS(=O)(=O)c2cccs2)c1. The van der Waals surface area contributed by atoms with Gasteiger partial charge < -0.3 is 5.73 Å². The Morgan fingerprint density at radius 3 is 2.85 bits per heavy atom. The van der Waals surface area contributed by atoms with Gasteiger partial charge in [0.05, 0.1) is 5.69 Å². The maximum Gasteiger partial charge on any atom is 0.271 e. The van der Waals surface area contributed by atoms with Gasteiger partial charge in [0.2, 0.25) is 0 Å². The highest BCUT2D eigenvalue weighted by Crippen LogP contribution is 2.30. The highest BCUT2D eigenvalue weighted by molar-refractivity contribution is 7.94.